The molecule has 4 rings (SSSR count). The molecule has 0 saturated heterocycles. The van der Waals surface area contributed by atoms with E-state index in [0.29, 0.717) is 17.9 Å². The fourth-order valence-corrected chi connectivity index (χ4v) is 3.95. The van der Waals surface area contributed by atoms with Crippen LogP contribution in [0.2, 0.25) is 0 Å². The molecule has 5 heteroatoms. The molecular formula is C26H25BrN2O2. The summed E-state index contributed by atoms with van der Waals surface area (Å²) in [6.07, 6.45) is 2.50. The molecule has 158 valence electrons. The van der Waals surface area contributed by atoms with E-state index < -0.39 is 6.10 Å². The number of β-amino-alcohol motifs (C(OH)–C–C–N with tert-alkyl or cyclic N) is 1. The Bertz CT molecular complexity index is 1060. The highest BCUT2D eigenvalue weighted by molar-refractivity contribution is 9.10. The van der Waals surface area contributed by atoms with Crippen molar-refractivity contribution in [3.8, 4) is 22.9 Å². The molecular weight excluding hydrogens is 452 g/mol. The van der Waals surface area contributed by atoms with Crippen LogP contribution in [0.5, 0.6) is 5.75 Å². The van der Waals surface area contributed by atoms with Crippen LogP contribution >= 0.6 is 15.9 Å². The molecule has 0 radical (unpaired) electrons. The molecule has 2 N–H and O–H groups in total. The van der Waals surface area contributed by atoms with Gasteiger partial charge in [0.2, 0.25) is 0 Å². The monoisotopic (exact) mass is 476 g/mol. The minimum absolute atomic E-state index is 0.0693. The van der Waals surface area contributed by atoms with Crippen molar-refractivity contribution < 1.29 is 9.84 Å². The largest absolute Gasteiger partial charge is 0.489 e. The van der Waals surface area contributed by atoms with Crippen LogP contribution in [-0.4, -0.2) is 29.9 Å². The summed E-state index contributed by atoms with van der Waals surface area (Å²) < 4.78 is 6.93. The minimum Gasteiger partial charge on any atom is -0.489 e. The minimum atomic E-state index is -0.658. The Labute approximate surface area is 191 Å². The quantitative estimate of drug-likeness (QED) is 0.451. The first-order chi connectivity index (χ1) is 15.1. The molecule has 0 amide bonds. The van der Waals surface area contributed by atoms with Gasteiger partial charge in [-0.15, -0.1) is 0 Å². The van der Waals surface area contributed by atoms with E-state index in [1.54, 1.807) is 6.07 Å². The van der Waals surface area contributed by atoms with Gasteiger partial charge in [-0.1, -0.05) is 64.5 Å². The van der Waals surface area contributed by atoms with Gasteiger partial charge < -0.3 is 15.2 Å². The third-order valence-corrected chi connectivity index (χ3v) is 6.19. The van der Waals surface area contributed by atoms with Crippen LogP contribution in [0.4, 0.5) is 0 Å². The van der Waals surface area contributed by atoms with Gasteiger partial charge in [0.1, 0.15) is 24.5 Å². The van der Waals surface area contributed by atoms with Gasteiger partial charge in [-0.2, -0.15) is 5.26 Å². The lowest BCUT2D eigenvalue weighted by atomic mass is 10.0. The Morgan fingerprint density at radius 1 is 1.03 bits per heavy atom. The van der Waals surface area contributed by atoms with Crippen LogP contribution in [0, 0.1) is 11.3 Å². The van der Waals surface area contributed by atoms with Gasteiger partial charge in [0.15, 0.2) is 0 Å². The molecule has 3 aromatic carbocycles. The lowest BCUT2D eigenvalue weighted by Crippen LogP contribution is -2.40. The normalized spacial score (nSPS) is 15.1. The van der Waals surface area contributed by atoms with E-state index in [1.807, 2.05) is 42.5 Å². The molecule has 31 heavy (non-hydrogen) atoms. The summed E-state index contributed by atoms with van der Waals surface area (Å²) >= 11 is 3.47. The van der Waals surface area contributed by atoms with E-state index in [1.165, 1.54) is 5.56 Å². The molecule has 4 nitrogen and oxygen atoms in total. The Morgan fingerprint density at radius 3 is 2.45 bits per heavy atom. The third kappa shape index (κ3) is 5.74. The number of hydrogen-bond acceptors (Lipinski definition) is 4. The summed E-state index contributed by atoms with van der Waals surface area (Å²) in [5, 5.41) is 23.4. The van der Waals surface area contributed by atoms with Gasteiger partial charge in [0.25, 0.3) is 0 Å². The van der Waals surface area contributed by atoms with Crippen molar-refractivity contribution in [2.75, 3.05) is 13.2 Å². The van der Waals surface area contributed by atoms with Crippen molar-refractivity contribution >= 4 is 15.9 Å². The predicted octanol–water partition coefficient (Wildman–Crippen LogP) is 5.09. The second-order valence-corrected chi connectivity index (χ2v) is 9.03. The molecule has 0 unspecified atom stereocenters. The van der Waals surface area contributed by atoms with Gasteiger partial charge in [-0.3, -0.25) is 0 Å². The van der Waals surface area contributed by atoms with Crippen molar-refractivity contribution in [3.05, 3.63) is 88.4 Å². The summed E-state index contributed by atoms with van der Waals surface area (Å²) in [7, 11) is 0. The highest BCUT2D eigenvalue weighted by Crippen LogP contribution is 2.38. The topological polar surface area (TPSA) is 65.3 Å². The van der Waals surface area contributed by atoms with Gasteiger partial charge in [-0.25, -0.2) is 0 Å². The molecule has 0 aliphatic heterocycles. The van der Waals surface area contributed by atoms with Crippen molar-refractivity contribution in [1.82, 2.24) is 5.32 Å². The number of rotatable bonds is 9. The van der Waals surface area contributed by atoms with Gasteiger partial charge in [0, 0.05) is 16.6 Å². The number of ether oxygens (including phenoxy) is 1. The Hall–Kier alpha value is -2.65. The van der Waals surface area contributed by atoms with E-state index in [4.69, 9.17) is 4.74 Å². The number of benzene rings is 3. The van der Waals surface area contributed by atoms with E-state index in [0.717, 1.165) is 34.9 Å². The SMILES string of the molecule is N#Cc1ccc(-c2ccccc2)cc1OC[C@H](O)CNC1(Cc2ccc(Br)cc2)CC1. The Kier molecular flexibility index (Phi) is 6.72. The lowest BCUT2D eigenvalue weighted by molar-refractivity contribution is 0.102. The molecule has 0 aromatic heterocycles. The molecule has 0 heterocycles. The number of nitrogens with zero attached hydrogens (tertiary/aromatic N) is 1. The van der Waals surface area contributed by atoms with Crippen molar-refractivity contribution in [1.29, 1.82) is 5.26 Å². The maximum Gasteiger partial charge on any atom is 0.137 e. The molecule has 3 aromatic rings. The first-order valence-corrected chi connectivity index (χ1v) is 11.3. The second kappa shape index (κ2) is 9.65. The van der Waals surface area contributed by atoms with E-state index in [9.17, 15) is 10.4 Å². The standard InChI is InChI=1S/C26H25BrN2O2/c27-23-10-6-19(7-11-23)15-26(12-13-26)29-17-24(30)18-31-25-14-21(8-9-22(25)16-28)20-4-2-1-3-5-20/h1-11,14,24,29-30H,12-13,15,17-18H2/t24-/m1/s1. The molecule has 1 atom stereocenters. The highest BCUT2D eigenvalue weighted by Gasteiger charge is 2.42. The van der Waals surface area contributed by atoms with Crippen molar-refractivity contribution in [2.24, 2.45) is 0 Å². The molecule has 0 bridgehead atoms. The average Bonchev–Trinajstić information content (AvgIpc) is 3.58. The average molecular weight is 477 g/mol. The van der Waals surface area contributed by atoms with E-state index in [2.05, 4.69) is 51.6 Å². The van der Waals surface area contributed by atoms with E-state index in [-0.39, 0.29) is 12.1 Å². The summed E-state index contributed by atoms with van der Waals surface area (Å²) in [6, 6.07) is 26.1. The predicted molar refractivity (Wildman–Crippen MR) is 126 cm³/mol. The van der Waals surface area contributed by atoms with Gasteiger partial charge in [0.05, 0.1) is 5.56 Å². The smallest absolute Gasteiger partial charge is 0.137 e. The summed E-state index contributed by atoms with van der Waals surface area (Å²) in [5.41, 5.74) is 3.86. The number of halogens is 1. The maximum atomic E-state index is 10.5. The second-order valence-electron chi connectivity index (χ2n) is 8.12. The maximum absolute atomic E-state index is 10.5. The fourth-order valence-electron chi connectivity index (χ4n) is 3.68. The third-order valence-electron chi connectivity index (χ3n) is 5.66. The zero-order valence-corrected chi connectivity index (χ0v) is 18.8. The summed E-state index contributed by atoms with van der Waals surface area (Å²) in [4.78, 5) is 0. The molecule has 0 spiro atoms. The van der Waals surface area contributed by atoms with Crippen LogP contribution in [0.3, 0.4) is 0 Å². The first-order valence-electron chi connectivity index (χ1n) is 10.5. The van der Waals surface area contributed by atoms with Crippen LogP contribution in [0.15, 0.2) is 77.3 Å². The highest BCUT2D eigenvalue weighted by atomic mass is 79.9. The zero-order chi connectivity index (χ0) is 21.7. The molecule has 1 fully saturated rings. The van der Waals surface area contributed by atoms with Crippen LogP contribution in [-0.2, 0) is 6.42 Å². The lowest BCUT2D eigenvalue weighted by Gasteiger charge is -2.21. The van der Waals surface area contributed by atoms with E-state index >= 15 is 0 Å². The Morgan fingerprint density at radius 2 is 1.77 bits per heavy atom. The molecule has 1 aliphatic rings. The number of hydrogen-bond donors (Lipinski definition) is 2. The Balaban J connectivity index is 1.33. The zero-order valence-electron chi connectivity index (χ0n) is 17.2. The summed E-state index contributed by atoms with van der Waals surface area (Å²) in [5.74, 6) is 0.499. The van der Waals surface area contributed by atoms with Crippen LogP contribution < -0.4 is 10.1 Å². The van der Waals surface area contributed by atoms with Gasteiger partial charge >= 0.3 is 0 Å². The number of nitriles is 1. The van der Waals surface area contributed by atoms with Crippen LogP contribution in [0.25, 0.3) is 11.1 Å². The molecule has 1 saturated carbocycles. The van der Waals surface area contributed by atoms with Crippen LogP contribution in [0.1, 0.15) is 24.0 Å². The molecule has 1 aliphatic carbocycles. The number of aliphatic hydroxyl groups is 1. The van der Waals surface area contributed by atoms with Crippen molar-refractivity contribution in [2.45, 2.75) is 30.9 Å². The fraction of sp³-hybridized carbons (Fsp3) is 0.269. The number of nitrogens with one attached hydrogen (secondary N) is 1. The van der Waals surface area contributed by atoms with Gasteiger partial charge in [-0.05, 0) is 60.2 Å². The summed E-state index contributed by atoms with van der Waals surface area (Å²) in [6.45, 7) is 0.588. The first kappa shape index (κ1) is 21.6. The number of aliphatic hydroxyl groups excluding tert-OH is 1. The van der Waals surface area contributed by atoms with Crippen molar-refractivity contribution in [3.63, 3.8) is 0 Å².